The van der Waals surface area contributed by atoms with Crippen molar-refractivity contribution in [2.75, 3.05) is 18.4 Å². The number of rotatable bonds is 7. The second-order valence-electron chi connectivity index (χ2n) is 13.5. The molecule has 1 unspecified atom stereocenters. The normalized spacial score (nSPS) is 20.3. The number of fused-ring (bicyclic) bond motifs is 1. The second kappa shape index (κ2) is 13.8. The maximum absolute atomic E-state index is 13.6. The molecule has 3 heterocycles. The van der Waals surface area contributed by atoms with Gasteiger partial charge in [-0.15, -0.1) is 0 Å². The molecule has 254 valence electrons. The van der Waals surface area contributed by atoms with Crippen LogP contribution in [0.5, 0.6) is 0 Å². The highest BCUT2D eigenvalue weighted by atomic mass is 35.5. The van der Waals surface area contributed by atoms with Crippen LogP contribution in [0.1, 0.15) is 59.3 Å². The molecule has 2 aliphatic rings. The van der Waals surface area contributed by atoms with Crippen LogP contribution in [0.15, 0.2) is 71.9 Å². The zero-order chi connectivity index (χ0) is 34.1. The largest absolute Gasteiger partial charge is 0.444 e. The number of halogens is 1. The molecule has 11 nitrogen and oxygen atoms in total. The Labute approximate surface area is 286 Å². The fourth-order valence-corrected chi connectivity index (χ4v) is 8.02. The van der Waals surface area contributed by atoms with Gasteiger partial charge in [0.15, 0.2) is 0 Å². The number of benzene rings is 2. The lowest BCUT2D eigenvalue weighted by atomic mass is 9.90. The number of hydrogen-bond acceptors (Lipinski definition) is 8. The van der Waals surface area contributed by atoms with Crippen molar-refractivity contribution in [3.05, 3.63) is 72.0 Å². The summed E-state index contributed by atoms with van der Waals surface area (Å²) >= 11 is 6.62. The number of amides is 2. The van der Waals surface area contributed by atoms with Gasteiger partial charge in [0.05, 0.1) is 33.2 Å². The van der Waals surface area contributed by atoms with Crippen LogP contribution in [-0.2, 0) is 19.6 Å². The maximum atomic E-state index is 13.6. The minimum atomic E-state index is -3.87. The minimum absolute atomic E-state index is 0.0150. The van der Waals surface area contributed by atoms with Gasteiger partial charge in [0.25, 0.3) is 10.0 Å². The van der Waals surface area contributed by atoms with Crippen LogP contribution in [0.4, 0.5) is 10.7 Å². The number of ether oxygens (including phenoxy) is 1. The van der Waals surface area contributed by atoms with Gasteiger partial charge in [-0.1, -0.05) is 48.0 Å². The van der Waals surface area contributed by atoms with E-state index in [1.165, 1.54) is 10.2 Å². The highest BCUT2D eigenvalue weighted by Gasteiger charge is 2.33. The number of carbonyl (C=O) groups excluding carboxylic acids is 2. The van der Waals surface area contributed by atoms with E-state index in [2.05, 4.69) is 15.6 Å². The first-order valence-corrected chi connectivity index (χ1v) is 18.2. The number of anilines is 1. The SMILES string of the molecule is CC(C)(C)OC(=O)N1CCCC(C(=O)NC2CCC(Nc3ncc(Cl)c(-c4cn(S(=O)(=O)c5ccccc5)c5ccccc45)n3)CC2)C1. The summed E-state index contributed by atoms with van der Waals surface area (Å²) in [5.41, 5.74) is 0.955. The summed E-state index contributed by atoms with van der Waals surface area (Å²) in [6.45, 7) is 6.47. The summed E-state index contributed by atoms with van der Waals surface area (Å²) < 4.78 is 34.0. The molecule has 0 radical (unpaired) electrons. The Balaban J connectivity index is 1.10. The molecular formula is C35H41ClN6O5S. The lowest BCUT2D eigenvalue weighted by Gasteiger charge is -2.35. The number of likely N-dealkylation sites (tertiary alicyclic amines) is 1. The smallest absolute Gasteiger partial charge is 0.410 e. The predicted molar refractivity (Wildman–Crippen MR) is 185 cm³/mol. The van der Waals surface area contributed by atoms with E-state index in [4.69, 9.17) is 21.3 Å². The van der Waals surface area contributed by atoms with Crippen molar-refractivity contribution in [2.24, 2.45) is 5.92 Å². The monoisotopic (exact) mass is 692 g/mol. The van der Waals surface area contributed by atoms with Crippen LogP contribution in [0, 0.1) is 5.92 Å². The molecular weight excluding hydrogens is 652 g/mol. The van der Waals surface area contributed by atoms with Crippen molar-refractivity contribution in [1.29, 1.82) is 0 Å². The predicted octanol–water partition coefficient (Wildman–Crippen LogP) is 6.48. The number of nitrogens with one attached hydrogen (secondary N) is 2. The molecule has 2 fully saturated rings. The van der Waals surface area contributed by atoms with Gasteiger partial charge in [-0.3, -0.25) is 4.79 Å². The van der Waals surface area contributed by atoms with Gasteiger partial charge in [-0.05, 0) is 77.5 Å². The molecule has 1 atom stereocenters. The van der Waals surface area contributed by atoms with Crippen molar-refractivity contribution in [2.45, 2.75) is 81.9 Å². The average Bonchev–Trinajstić information content (AvgIpc) is 3.47. The Morgan fingerprint density at radius 2 is 1.65 bits per heavy atom. The number of piperidine rings is 1. The summed E-state index contributed by atoms with van der Waals surface area (Å²) in [5.74, 6) is 0.129. The summed E-state index contributed by atoms with van der Waals surface area (Å²) in [6, 6.07) is 15.7. The standard InChI is InChI=1S/C35H41ClN6O5S/c1-35(2,3)47-34(44)41-19-9-10-23(21-41)32(43)38-24-15-17-25(18-16-24)39-33-37-20-29(36)31(40-33)28-22-42(30-14-8-7-13-27(28)30)48(45,46)26-11-5-4-6-12-26/h4-8,11-14,20,22-25H,9-10,15-19,21H2,1-3H3,(H,38,43)(H,37,39,40). The van der Waals surface area contributed by atoms with Crippen LogP contribution < -0.4 is 10.6 Å². The maximum Gasteiger partial charge on any atom is 0.410 e. The van der Waals surface area contributed by atoms with E-state index < -0.39 is 15.6 Å². The van der Waals surface area contributed by atoms with E-state index in [0.717, 1.165) is 38.5 Å². The highest BCUT2D eigenvalue weighted by Crippen LogP contribution is 2.36. The number of para-hydroxylation sites is 1. The van der Waals surface area contributed by atoms with Crippen LogP contribution in [0.3, 0.4) is 0 Å². The topological polar surface area (TPSA) is 136 Å². The average molecular weight is 693 g/mol. The fourth-order valence-electron chi connectivity index (χ4n) is 6.44. The third-order valence-corrected chi connectivity index (χ3v) is 10.8. The molecule has 0 spiro atoms. The van der Waals surface area contributed by atoms with Crippen molar-refractivity contribution < 1.29 is 22.7 Å². The molecule has 1 saturated heterocycles. The number of hydrogen-bond donors (Lipinski definition) is 2. The molecule has 6 rings (SSSR count). The van der Waals surface area contributed by atoms with Gasteiger partial charge in [0.2, 0.25) is 11.9 Å². The van der Waals surface area contributed by atoms with Crippen molar-refractivity contribution in [3.8, 4) is 11.3 Å². The van der Waals surface area contributed by atoms with Crippen LogP contribution >= 0.6 is 11.6 Å². The summed E-state index contributed by atoms with van der Waals surface area (Å²) in [7, 11) is -3.87. The Kier molecular flexibility index (Phi) is 9.67. The Hall–Kier alpha value is -4.16. The molecule has 1 aliphatic carbocycles. The van der Waals surface area contributed by atoms with E-state index in [0.29, 0.717) is 46.2 Å². The Bertz CT molecular complexity index is 1900. The summed E-state index contributed by atoms with van der Waals surface area (Å²) in [4.78, 5) is 36.7. The molecule has 48 heavy (non-hydrogen) atoms. The first-order valence-electron chi connectivity index (χ1n) is 16.4. The lowest BCUT2D eigenvalue weighted by Crippen LogP contribution is -2.49. The third kappa shape index (κ3) is 7.44. The van der Waals surface area contributed by atoms with E-state index >= 15 is 0 Å². The summed E-state index contributed by atoms with van der Waals surface area (Å²) in [6.07, 6.45) is 7.41. The van der Waals surface area contributed by atoms with Gasteiger partial charge in [0, 0.05) is 42.3 Å². The number of carbonyl (C=O) groups is 2. The van der Waals surface area contributed by atoms with Crippen molar-refractivity contribution in [3.63, 3.8) is 0 Å². The fraction of sp³-hybridized carbons (Fsp3) is 0.429. The second-order valence-corrected chi connectivity index (χ2v) is 15.8. The first kappa shape index (κ1) is 33.7. The minimum Gasteiger partial charge on any atom is -0.444 e. The lowest BCUT2D eigenvalue weighted by molar-refractivity contribution is -0.127. The first-order chi connectivity index (χ1) is 22.9. The van der Waals surface area contributed by atoms with Crippen LogP contribution in [0.2, 0.25) is 5.02 Å². The molecule has 2 aromatic carbocycles. The van der Waals surface area contributed by atoms with Gasteiger partial charge < -0.3 is 20.3 Å². The molecule has 2 aromatic heterocycles. The van der Waals surface area contributed by atoms with Crippen LogP contribution in [0.25, 0.3) is 22.2 Å². The quantitative estimate of drug-likeness (QED) is 0.225. The van der Waals surface area contributed by atoms with E-state index in [1.54, 1.807) is 53.6 Å². The molecule has 1 aliphatic heterocycles. The Morgan fingerprint density at radius 3 is 2.38 bits per heavy atom. The Morgan fingerprint density at radius 1 is 0.958 bits per heavy atom. The number of aromatic nitrogens is 3. The molecule has 13 heteroatoms. The van der Waals surface area contributed by atoms with E-state index in [1.807, 2.05) is 32.9 Å². The molecule has 2 amide bonds. The van der Waals surface area contributed by atoms with Crippen LogP contribution in [-0.4, -0.2) is 70.0 Å². The third-order valence-electron chi connectivity index (χ3n) is 8.83. The van der Waals surface area contributed by atoms with Gasteiger partial charge in [-0.2, -0.15) is 0 Å². The van der Waals surface area contributed by atoms with Crippen molar-refractivity contribution in [1.82, 2.24) is 24.2 Å². The number of nitrogens with zero attached hydrogens (tertiary/aromatic N) is 4. The zero-order valence-corrected chi connectivity index (χ0v) is 28.9. The molecule has 0 bridgehead atoms. The van der Waals surface area contributed by atoms with E-state index in [9.17, 15) is 18.0 Å². The highest BCUT2D eigenvalue weighted by molar-refractivity contribution is 7.90. The summed E-state index contributed by atoms with van der Waals surface area (Å²) in [5, 5.41) is 7.65. The molecule has 1 saturated carbocycles. The zero-order valence-electron chi connectivity index (χ0n) is 27.4. The van der Waals surface area contributed by atoms with Gasteiger partial charge in [0.1, 0.15) is 5.60 Å². The van der Waals surface area contributed by atoms with Gasteiger partial charge in [-0.25, -0.2) is 27.2 Å². The van der Waals surface area contributed by atoms with E-state index in [-0.39, 0.29) is 34.9 Å². The van der Waals surface area contributed by atoms with Crippen molar-refractivity contribution >= 4 is 50.5 Å². The molecule has 4 aromatic rings. The molecule has 2 N–H and O–H groups in total. The van der Waals surface area contributed by atoms with Gasteiger partial charge >= 0.3 is 6.09 Å².